The molecule has 0 aromatic heterocycles. The summed E-state index contributed by atoms with van der Waals surface area (Å²) in [6.07, 6.45) is 0.604. The monoisotopic (exact) mass is 420 g/mol. The molecule has 2 aromatic carbocycles. The molecule has 0 unspecified atom stereocenters. The fourth-order valence-corrected chi connectivity index (χ4v) is 1.13. The first-order chi connectivity index (χ1) is 12.2. The Morgan fingerprint density at radius 1 is 0.607 bits per heavy atom. The van der Waals surface area contributed by atoms with Crippen LogP contribution in [0, 0.1) is 17.8 Å². The van der Waals surface area contributed by atoms with Gasteiger partial charge in [0.1, 0.15) is 0 Å². The van der Waals surface area contributed by atoms with Gasteiger partial charge in [-0.1, -0.05) is 111 Å². The number of rotatable bonds is 0. The van der Waals surface area contributed by atoms with Gasteiger partial charge in [0.25, 0.3) is 0 Å². The standard InChI is InChI=1S/C10H8.3C4H10.CH4O3S.Na/c1-2-6-10-8-4-3-7-9(10)5-1;3*1-4(2)3;1-5(2,3)4;/h1-8H;3*4H,1-3H3;1H3,(H,2,3,4);/q;;;;;+1/p-1. The molecule has 0 aliphatic rings. The molecule has 3 nitrogen and oxygen atoms in total. The summed E-state index contributed by atoms with van der Waals surface area (Å²) in [6.45, 7) is 19.5. The van der Waals surface area contributed by atoms with E-state index in [9.17, 15) is 0 Å². The molecule has 0 aliphatic heterocycles. The predicted octanol–water partition coefficient (Wildman–Crippen LogP) is 3.99. The largest absolute Gasteiger partial charge is 1.00 e. The Morgan fingerprint density at radius 2 is 0.714 bits per heavy atom. The van der Waals surface area contributed by atoms with Crippen LogP contribution in [0.25, 0.3) is 10.8 Å². The minimum absolute atomic E-state index is 0. The van der Waals surface area contributed by atoms with Gasteiger partial charge in [0.05, 0.1) is 10.1 Å². The maximum atomic E-state index is 9.08. The summed E-state index contributed by atoms with van der Waals surface area (Å²) in [5.41, 5.74) is 0. The van der Waals surface area contributed by atoms with Gasteiger partial charge in [-0.05, 0) is 28.5 Å². The fraction of sp³-hybridized carbons (Fsp3) is 0.565. The van der Waals surface area contributed by atoms with E-state index in [1.165, 1.54) is 10.8 Å². The molecular formula is C23H41NaO3S. The molecule has 0 saturated carbocycles. The van der Waals surface area contributed by atoms with Crippen molar-refractivity contribution in [3.63, 3.8) is 0 Å². The van der Waals surface area contributed by atoms with E-state index in [0.29, 0.717) is 6.26 Å². The topological polar surface area (TPSA) is 57.2 Å². The van der Waals surface area contributed by atoms with E-state index in [1.54, 1.807) is 0 Å². The maximum Gasteiger partial charge on any atom is 1.00 e. The Hall–Kier alpha value is -0.390. The zero-order valence-corrected chi connectivity index (χ0v) is 22.8. The molecule has 2 aromatic rings. The molecule has 0 heterocycles. The summed E-state index contributed by atoms with van der Waals surface area (Å²) in [7, 11) is -3.92. The van der Waals surface area contributed by atoms with Crippen LogP contribution in [0.15, 0.2) is 48.5 Å². The smallest absolute Gasteiger partial charge is 0.748 e. The van der Waals surface area contributed by atoms with Crippen LogP contribution < -0.4 is 29.6 Å². The first kappa shape index (κ1) is 35.1. The van der Waals surface area contributed by atoms with Gasteiger partial charge in [-0.15, -0.1) is 0 Å². The van der Waals surface area contributed by atoms with Gasteiger partial charge >= 0.3 is 29.6 Å². The van der Waals surface area contributed by atoms with Crippen LogP contribution in [0.1, 0.15) is 62.3 Å². The zero-order chi connectivity index (χ0) is 22.0. The van der Waals surface area contributed by atoms with Crippen LogP contribution in [0.4, 0.5) is 0 Å². The molecule has 0 bridgehead atoms. The summed E-state index contributed by atoms with van der Waals surface area (Å²) in [6, 6.07) is 16.7. The molecule has 158 valence electrons. The Labute approximate surface area is 197 Å². The molecule has 0 amide bonds. The average molecular weight is 421 g/mol. The molecule has 0 saturated heterocycles. The third-order valence-corrected chi connectivity index (χ3v) is 1.66. The van der Waals surface area contributed by atoms with Gasteiger partial charge in [0, 0.05) is 6.26 Å². The quantitative estimate of drug-likeness (QED) is 0.478. The first-order valence-electron chi connectivity index (χ1n) is 9.51. The molecule has 0 fully saturated rings. The van der Waals surface area contributed by atoms with Crippen molar-refractivity contribution in [2.45, 2.75) is 62.3 Å². The summed E-state index contributed by atoms with van der Waals surface area (Å²) >= 11 is 0. The third-order valence-electron chi connectivity index (χ3n) is 1.66. The number of hydrogen-bond donors (Lipinski definition) is 0. The summed E-state index contributed by atoms with van der Waals surface area (Å²) in [5, 5.41) is 2.62. The van der Waals surface area contributed by atoms with Crippen LogP contribution in [-0.4, -0.2) is 19.2 Å². The van der Waals surface area contributed by atoms with Gasteiger partial charge < -0.3 is 4.55 Å². The molecule has 0 atom stereocenters. The maximum absolute atomic E-state index is 9.08. The summed E-state index contributed by atoms with van der Waals surface area (Å²) in [4.78, 5) is 0. The van der Waals surface area contributed by atoms with Gasteiger partial charge in [-0.3, -0.25) is 0 Å². The van der Waals surface area contributed by atoms with Gasteiger partial charge in [0.15, 0.2) is 0 Å². The molecule has 28 heavy (non-hydrogen) atoms. The van der Waals surface area contributed by atoms with Crippen LogP contribution in [0.3, 0.4) is 0 Å². The number of fused-ring (bicyclic) bond motifs is 1. The van der Waals surface area contributed by atoms with Crippen molar-refractivity contribution in [1.82, 2.24) is 0 Å². The average Bonchev–Trinajstić information content (AvgIpc) is 2.44. The van der Waals surface area contributed by atoms with Crippen LogP contribution in [0.5, 0.6) is 0 Å². The third kappa shape index (κ3) is 50.0. The molecule has 0 spiro atoms. The van der Waals surface area contributed by atoms with Crippen molar-refractivity contribution in [1.29, 1.82) is 0 Å². The Balaban J connectivity index is -0.000000139. The molecule has 0 N–H and O–H groups in total. The summed E-state index contributed by atoms with van der Waals surface area (Å²) in [5.74, 6) is 2.50. The predicted molar refractivity (Wildman–Crippen MR) is 121 cm³/mol. The van der Waals surface area contributed by atoms with Crippen LogP contribution >= 0.6 is 0 Å². The minimum atomic E-state index is -3.92. The van der Waals surface area contributed by atoms with Crippen molar-refractivity contribution in [2.75, 3.05) is 6.26 Å². The second-order valence-electron chi connectivity index (χ2n) is 8.25. The SMILES string of the molecule is CC(C)C.CC(C)C.CC(C)C.CS(=O)(=O)[O-].[Na+].c1ccc2ccccc2c1. The fourth-order valence-electron chi connectivity index (χ4n) is 1.13. The number of benzene rings is 2. The Kier molecular flexibility index (Phi) is 26.7. The Bertz CT molecular complexity index is 570. The van der Waals surface area contributed by atoms with Crippen LogP contribution in [-0.2, 0) is 10.1 Å². The van der Waals surface area contributed by atoms with Crippen molar-refractivity contribution >= 4 is 20.9 Å². The van der Waals surface area contributed by atoms with Crippen LogP contribution in [0.2, 0.25) is 0 Å². The van der Waals surface area contributed by atoms with E-state index < -0.39 is 10.1 Å². The number of hydrogen-bond acceptors (Lipinski definition) is 3. The van der Waals surface area contributed by atoms with Crippen molar-refractivity contribution in [2.24, 2.45) is 17.8 Å². The molecule has 2 rings (SSSR count). The van der Waals surface area contributed by atoms with Gasteiger partial charge in [-0.25, -0.2) is 8.42 Å². The second kappa shape index (κ2) is 21.3. The van der Waals surface area contributed by atoms with E-state index in [1.807, 2.05) is 0 Å². The van der Waals surface area contributed by atoms with E-state index in [4.69, 9.17) is 13.0 Å². The van der Waals surface area contributed by atoms with E-state index in [2.05, 4.69) is 111 Å². The van der Waals surface area contributed by atoms with E-state index >= 15 is 0 Å². The zero-order valence-electron chi connectivity index (χ0n) is 20.0. The van der Waals surface area contributed by atoms with Crippen molar-refractivity contribution < 1.29 is 42.5 Å². The molecule has 5 heteroatoms. The minimum Gasteiger partial charge on any atom is -0.748 e. The normalized spacial score (nSPS) is 9.50. The van der Waals surface area contributed by atoms with Gasteiger partial charge in [0.2, 0.25) is 0 Å². The first-order valence-corrected chi connectivity index (χ1v) is 11.3. The van der Waals surface area contributed by atoms with Gasteiger partial charge in [-0.2, -0.15) is 0 Å². The molecule has 0 aliphatic carbocycles. The second-order valence-corrected chi connectivity index (χ2v) is 9.66. The van der Waals surface area contributed by atoms with E-state index in [0.717, 1.165) is 17.8 Å². The van der Waals surface area contributed by atoms with Crippen molar-refractivity contribution in [3.8, 4) is 0 Å². The Morgan fingerprint density at radius 3 is 0.821 bits per heavy atom. The summed E-state index contributed by atoms with van der Waals surface area (Å²) < 4.78 is 27.2. The van der Waals surface area contributed by atoms with E-state index in [-0.39, 0.29) is 29.6 Å². The molecular weight excluding hydrogens is 379 g/mol. The van der Waals surface area contributed by atoms with Crippen molar-refractivity contribution in [3.05, 3.63) is 48.5 Å². The molecule has 0 radical (unpaired) electrons.